The highest BCUT2D eigenvalue weighted by Gasteiger charge is 2.40. The first-order valence-corrected chi connectivity index (χ1v) is 11.1. The third-order valence-electron chi connectivity index (χ3n) is 3.70. The van der Waals surface area contributed by atoms with E-state index in [1.807, 2.05) is 31.2 Å². The molecule has 3 rings (SSSR count). The molecule has 0 heterocycles. The van der Waals surface area contributed by atoms with Crippen molar-refractivity contribution < 1.29 is 23.5 Å². The molecule has 3 aromatic carbocycles. The van der Waals surface area contributed by atoms with Gasteiger partial charge < -0.3 is 14.2 Å². The van der Waals surface area contributed by atoms with E-state index in [0.717, 1.165) is 21.6 Å². The molecule has 0 saturated heterocycles. The molecular formula is C21H20NO5PS. The molecule has 0 atom stereocenters. The fourth-order valence-corrected chi connectivity index (χ4v) is 5.19. The maximum Gasteiger partial charge on any atom is 0.526 e. The first-order valence-electron chi connectivity index (χ1n) is 8.78. The van der Waals surface area contributed by atoms with E-state index in [1.54, 1.807) is 60.7 Å². The van der Waals surface area contributed by atoms with Gasteiger partial charge in [0.1, 0.15) is 18.0 Å². The van der Waals surface area contributed by atoms with Crippen molar-refractivity contribution in [3.8, 4) is 11.5 Å². The zero-order valence-corrected chi connectivity index (χ0v) is 17.4. The summed E-state index contributed by atoms with van der Waals surface area (Å²) in [6, 6.07) is 24.5. The van der Waals surface area contributed by atoms with Crippen LogP contribution < -0.4 is 9.05 Å². The Labute approximate surface area is 173 Å². The molecule has 6 nitrogen and oxygen atoms in total. The largest absolute Gasteiger partial charge is 0.526 e. The number of benzene rings is 3. The molecule has 0 unspecified atom stereocenters. The Hall–Kier alpha value is -2.73. The summed E-state index contributed by atoms with van der Waals surface area (Å²) in [5, 5.41) is 9.41. The second-order valence-electron chi connectivity index (χ2n) is 6.09. The molecule has 0 radical (unpaired) electrons. The van der Waals surface area contributed by atoms with Crippen LogP contribution in [0.3, 0.4) is 0 Å². The number of rotatable bonds is 9. The molecule has 150 valence electrons. The molecule has 0 amide bonds. The Balaban J connectivity index is 1.97. The van der Waals surface area contributed by atoms with Crippen LogP contribution in [0.2, 0.25) is 0 Å². The van der Waals surface area contributed by atoms with E-state index in [9.17, 15) is 14.5 Å². The third kappa shape index (κ3) is 6.12. The van der Waals surface area contributed by atoms with E-state index in [1.165, 1.54) is 0 Å². The predicted octanol–water partition coefficient (Wildman–Crippen LogP) is 5.65. The second-order valence-corrected chi connectivity index (χ2v) is 9.24. The van der Waals surface area contributed by atoms with E-state index in [0.29, 0.717) is 16.4 Å². The standard InChI is InChI=1S/C21H20NO5PS/c1-17-12-14-20(15-13-17)29-22(16-21(23)24)28(25,26-18-8-4-2-5-9-18)27-19-10-6-3-7-11-19/h2-15H,16H2,1H3,(H,23,24). The minimum absolute atomic E-state index is 0.312. The summed E-state index contributed by atoms with van der Waals surface area (Å²) in [5.74, 6) is -0.531. The summed E-state index contributed by atoms with van der Waals surface area (Å²) >= 11 is 1.01. The zero-order chi connectivity index (χ0) is 20.7. The van der Waals surface area contributed by atoms with Crippen LogP contribution in [0.4, 0.5) is 0 Å². The van der Waals surface area contributed by atoms with E-state index >= 15 is 0 Å². The van der Waals surface area contributed by atoms with Crippen molar-refractivity contribution in [3.05, 3.63) is 90.5 Å². The molecule has 1 N–H and O–H groups in total. The molecule has 0 saturated carbocycles. The Morgan fingerprint density at radius 1 is 0.897 bits per heavy atom. The molecule has 0 bridgehead atoms. The average molecular weight is 429 g/mol. The number of carboxylic acids is 1. The highest BCUT2D eigenvalue weighted by atomic mass is 32.2. The SMILES string of the molecule is Cc1ccc(SN(CC(=O)O)P(=O)(Oc2ccccc2)Oc2ccccc2)cc1. The van der Waals surface area contributed by atoms with Crippen LogP contribution in [0.5, 0.6) is 11.5 Å². The van der Waals surface area contributed by atoms with Crippen LogP contribution in [0.1, 0.15) is 5.56 Å². The van der Waals surface area contributed by atoms with Gasteiger partial charge >= 0.3 is 13.7 Å². The topological polar surface area (TPSA) is 76.1 Å². The van der Waals surface area contributed by atoms with E-state index in [2.05, 4.69) is 0 Å². The normalized spacial score (nSPS) is 11.2. The first kappa shape index (κ1) is 21.0. The lowest BCUT2D eigenvalue weighted by molar-refractivity contribution is -0.136. The van der Waals surface area contributed by atoms with Gasteiger partial charge in [-0.3, -0.25) is 4.79 Å². The lowest BCUT2D eigenvalue weighted by Crippen LogP contribution is -2.25. The number of para-hydroxylation sites is 2. The van der Waals surface area contributed by atoms with Gasteiger partial charge in [-0.2, -0.15) is 0 Å². The van der Waals surface area contributed by atoms with Crippen molar-refractivity contribution in [2.24, 2.45) is 0 Å². The van der Waals surface area contributed by atoms with E-state index in [4.69, 9.17) is 9.05 Å². The molecule has 8 heteroatoms. The summed E-state index contributed by atoms with van der Waals surface area (Å²) in [5.41, 5.74) is 1.06. The molecule has 0 aromatic heterocycles. The van der Waals surface area contributed by atoms with Gasteiger partial charge in [-0.15, -0.1) is 4.08 Å². The summed E-state index contributed by atoms with van der Waals surface area (Å²) in [6.45, 7) is 1.40. The maximum absolute atomic E-state index is 13.9. The van der Waals surface area contributed by atoms with Gasteiger partial charge in [-0.25, -0.2) is 4.57 Å². The number of carbonyl (C=O) groups is 1. The Bertz CT molecular complexity index is 937. The van der Waals surface area contributed by atoms with Crippen LogP contribution in [-0.2, 0) is 9.36 Å². The predicted molar refractivity (Wildman–Crippen MR) is 113 cm³/mol. The number of hydrogen-bond donors (Lipinski definition) is 1. The monoisotopic (exact) mass is 429 g/mol. The number of nitrogens with zero attached hydrogens (tertiary/aromatic N) is 1. The van der Waals surface area contributed by atoms with Gasteiger partial charge in [-0.1, -0.05) is 54.1 Å². The lowest BCUT2D eigenvalue weighted by Gasteiger charge is -2.28. The fourth-order valence-electron chi connectivity index (χ4n) is 2.34. The Morgan fingerprint density at radius 2 is 1.38 bits per heavy atom. The van der Waals surface area contributed by atoms with Crippen LogP contribution in [0.25, 0.3) is 0 Å². The summed E-state index contributed by atoms with van der Waals surface area (Å²) in [7, 11) is -4.09. The van der Waals surface area contributed by atoms with Crippen molar-refractivity contribution >= 4 is 25.7 Å². The summed E-state index contributed by atoms with van der Waals surface area (Å²) in [6.07, 6.45) is 0. The van der Waals surface area contributed by atoms with Crippen molar-refractivity contribution in [2.75, 3.05) is 6.54 Å². The quantitative estimate of drug-likeness (QED) is 0.348. The van der Waals surface area contributed by atoms with Gasteiger partial charge in [0.25, 0.3) is 0 Å². The number of carboxylic acid groups (broad SMARTS) is 1. The molecule has 0 fully saturated rings. The van der Waals surface area contributed by atoms with Gasteiger partial charge in [0.05, 0.1) is 0 Å². The minimum atomic E-state index is -4.09. The average Bonchev–Trinajstić information content (AvgIpc) is 2.70. The Kier molecular flexibility index (Phi) is 6.99. The van der Waals surface area contributed by atoms with Crippen molar-refractivity contribution in [1.29, 1.82) is 0 Å². The van der Waals surface area contributed by atoms with Crippen molar-refractivity contribution in [2.45, 2.75) is 11.8 Å². The number of aryl methyl sites for hydroxylation is 1. The molecule has 0 aliphatic carbocycles. The number of hydrogen-bond acceptors (Lipinski definition) is 5. The van der Waals surface area contributed by atoms with Crippen LogP contribution in [0, 0.1) is 6.92 Å². The lowest BCUT2D eigenvalue weighted by atomic mass is 10.2. The molecular weight excluding hydrogens is 409 g/mol. The first-order chi connectivity index (χ1) is 13.9. The van der Waals surface area contributed by atoms with E-state index < -0.39 is 20.3 Å². The second kappa shape index (κ2) is 9.65. The third-order valence-corrected chi connectivity index (χ3v) is 6.94. The molecule has 29 heavy (non-hydrogen) atoms. The summed E-state index contributed by atoms with van der Waals surface area (Å²) < 4.78 is 26.5. The molecule has 3 aromatic rings. The van der Waals surface area contributed by atoms with Crippen LogP contribution in [-0.4, -0.2) is 21.7 Å². The van der Waals surface area contributed by atoms with E-state index in [-0.39, 0.29) is 0 Å². The van der Waals surface area contributed by atoms with Gasteiger partial charge in [0.15, 0.2) is 0 Å². The molecule has 0 spiro atoms. The fraction of sp³-hybridized carbons (Fsp3) is 0.0952. The number of aliphatic carboxylic acids is 1. The Morgan fingerprint density at radius 3 is 1.83 bits per heavy atom. The van der Waals surface area contributed by atoms with Crippen LogP contribution >= 0.6 is 19.7 Å². The highest BCUT2D eigenvalue weighted by Crippen LogP contribution is 2.56. The van der Waals surface area contributed by atoms with Gasteiger partial charge in [0, 0.05) is 4.90 Å². The molecule has 0 aliphatic rings. The van der Waals surface area contributed by atoms with Crippen molar-refractivity contribution in [3.63, 3.8) is 0 Å². The van der Waals surface area contributed by atoms with Gasteiger partial charge in [0.2, 0.25) is 0 Å². The maximum atomic E-state index is 13.9. The van der Waals surface area contributed by atoms with Gasteiger partial charge in [-0.05, 0) is 55.3 Å². The highest BCUT2D eigenvalue weighted by molar-refractivity contribution is 8.01. The smallest absolute Gasteiger partial charge is 0.480 e. The minimum Gasteiger partial charge on any atom is -0.480 e. The zero-order valence-electron chi connectivity index (χ0n) is 15.7. The van der Waals surface area contributed by atoms with Crippen molar-refractivity contribution in [1.82, 2.24) is 4.08 Å². The van der Waals surface area contributed by atoms with Crippen LogP contribution in [0.15, 0.2) is 89.8 Å². The molecule has 0 aliphatic heterocycles. The summed E-state index contributed by atoms with van der Waals surface area (Å²) in [4.78, 5) is 12.2.